The number of carbonyl (C=O) groups excluding carboxylic acids is 1. The molecule has 0 aromatic carbocycles. The van der Waals surface area contributed by atoms with Gasteiger partial charge in [-0.15, -0.1) is 11.3 Å². The third kappa shape index (κ3) is 5.61. The van der Waals surface area contributed by atoms with E-state index in [1.807, 2.05) is 39.8 Å². The molecule has 2 amide bonds. The number of thiophene rings is 1. The second-order valence-electron chi connectivity index (χ2n) is 5.55. The second kappa shape index (κ2) is 6.74. The van der Waals surface area contributed by atoms with Gasteiger partial charge in [0.25, 0.3) is 0 Å². The normalized spacial score (nSPS) is 12.8. The molecule has 1 aromatic rings. The lowest BCUT2D eigenvalue weighted by molar-refractivity contribution is -0.137. The highest BCUT2D eigenvalue weighted by atomic mass is 32.1. The van der Waals surface area contributed by atoms with Gasteiger partial charge in [-0.1, -0.05) is 0 Å². The largest absolute Gasteiger partial charge is 0.481 e. The molecule has 0 aliphatic rings. The summed E-state index contributed by atoms with van der Waals surface area (Å²) in [7, 11) is 0. The molecule has 3 N–H and O–H groups in total. The second-order valence-corrected chi connectivity index (χ2v) is 6.87. The van der Waals surface area contributed by atoms with Crippen LogP contribution in [0.25, 0.3) is 0 Å². The fourth-order valence-corrected chi connectivity index (χ4v) is 2.66. The van der Waals surface area contributed by atoms with E-state index >= 15 is 0 Å². The van der Waals surface area contributed by atoms with Crippen LogP contribution in [0.15, 0.2) is 12.1 Å². The molecule has 0 bridgehead atoms. The first-order valence-electron chi connectivity index (χ1n) is 6.56. The first-order valence-corrected chi connectivity index (χ1v) is 7.38. The number of amides is 2. The van der Waals surface area contributed by atoms with Crippen LogP contribution in [0.5, 0.6) is 0 Å². The Morgan fingerprint density at radius 2 is 2.05 bits per heavy atom. The Bertz CT molecular complexity index is 483. The fraction of sp³-hybridized carbons (Fsp3) is 0.571. The van der Waals surface area contributed by atoms with Crippen molar-refractivity contribution in [2.45, 2.75) is 52.1 Å². The van der Waals surface area contributed by atoms with Gasteiger partial charge in [-0.25, -0.2) is 4.79 Å². The highest BCUT2D eigenvalue weighted by Gasteiger charge is 2.22. The van der Waals surface area contributed by atoms with Crippen molar-refractivity contribution in [1.29, 1.82) is 0 Å². The minimum absolute atomic E-state index is 0.0347. The van der Waals surface area contributed by atoms with Crippen molar-refractivity contribution in [3.05, 3.63) is 21.9 Å². The van der Waals surface area contributed by atoms with E-state index in [0.29, 0.717) is 6.42 Å². The lowest BCUT2D eigenvalue weighted by atomic mass is 9.99. The number of carboxylic acids is 1. The number of carbonyl (C=O) groups is 2. The molecule has 0 saturated carbocycles. The molecule has 6 heteroatoms. The zero-order valence-corrected chi connectivity index (χ0v) is 13.1. The molecule has 20 heavy (non-hydrogen) atoms. The van der Waals surface area contributed by atoms with Gasteiger partial charge in [0.2, 0.25) is 0 Å². The molecule has 1 atom stereocenters. The van der Waals surface area contributed by atoms with E-state index in [9.17, 15) is 9.59 Å². The molecule has 0 fully saturated rings. The van der Waals surface area contributed by atoms with Gasteiger partial charge in [0.15, 0.2) is 0 Å². The Hall–Kier alpha value is -1.56. The van der Waals surface area contributed by atoms with E-state index in [4.69, 9.17) is 5.11 Å². The van der Waals surface area contributed by atoms with Gasteiger partial charge >= 0.3 is 12.0 Å². The summed E-state index contributed by atoms with van der Waals surface area (Å²) in [5, 5.41) is 14.4. The van der Waals surface area contributed by atoms with Gasteiger partial charge < -0.3 is 15.7 Å². The number of urea groups is 1. The van der Waals surface area contributed by atoms with Crippen molar-refractivity contribution in [2.24, 2.45) is 0 Å². The molecule has 1 unspecified atom stereocenters. The average Bonchev–Trinajstić information content (AvgIpc) is 2.72. The molecule has 5 nitrogen and oxygen atoms in total. The van der Waals surface area contributed by atoms with Gasteiger partial charge in [0.1, 0.15) is 0 Å². The summed E-state index contributed by atoms with van der Waals surface area (Å²) in [6.45, 7) is 7.58. The maximum absolute atomic E-state index is 11.9. The monoisotopic (exact) mass is 298 g/mol. The SMILES string of the molecule is Cc1ccc(C(C)NC(=O)NC(C)(C)CCC(=O)O)s1. The Morgan fingerprint density at radius 1 is 1.40 bits per heavy atom. The average molecular weight is 298 g/mol. The van der Waals surface area contributed by atoms with Crippen LogP contribution in [0.1, 0.15) is 49.4 Å². The van der Waals surface area contributed by atoms with Crippen LogP contribution in [0.4, 0.5) is 4.79 Å². The first kappa shape index (κ1) is 16.5. The smallest absolute Gasteiger partial charge is 0.315 e. The highest BCUT2D eigenvalue weighted by Crippen LogP contribution is 2.22. The topological polar surface area (TPSA) is 78.4 Å². The van der Waals surface area contributed by atoms with Crippen LogP contribution >= 0.6 is 11.3 Å². The Labute approximate surface area is 123 Å². The zero-order valence-electron chi connectivity index (χ0n) is 12.3. The third-order valence-electron chi connectivity index (χ3n) is 2.95. The number of hydrogen-bond acceptors (Lipinski definition) is 3. The minimum atomic E-state index is -0.859. The Balaban J connectivity index is 2.48. The van der Waals surface area contributed by atoms with E-state index in [-0.39, 0.29) is 18.5 Å². The molecular formula is C14H22N2O3S. The maximum atomic E-state index is 11.9. The molecule has 0 saturated heterocycles. The third-order valence-corrected chi connectivity index (χ3v) is 4.13. The van der Waals surface area contributed by atoms with E-state index in [2.05, 4.69) is 10.6 Å². The number of hydrogen-bond donors (Lipinski definition) is 3. The van der Waals surface area contributed by atoms with E-state index < -0.39 is 11.5 Å². The number of rotatable bonds is 6. The number of nitrogens with one attached hydrogen (secondary N) is 2. The summed E-state index contributed by atoms with van der Waals surface area (Å²) in [4.78, 5) is 24.8. The van der Waals surface area contributed by atoms with Gasteiger partial charge in [0, 0.05) is 21.7 Å². The summed E-state index contributed by atoms with van der Waals surface area (Å²) >= 11 is 1.65. The van der Waals surface area contributed by atoms with Crippen molar-refractivity contribution in [3.63, 3.8) is 0 Å². The molecular weight excluding hydrogens is 276 g/mol. The fourth-order valence-electron chi connectivity index (χ4n) is 1.78. The van der Waals surface area contributed by atoms with Crippen molar-refractivity contribution in [3.8, 4) is 0 Å². The van der Waals surface area contributed by atoms with Crippen molar-refractivity contribution >= 4 is 23.3 Å². The van der Waals surface area contributed by atoms with Gasteiger partial charge in [-0.3, -0.25) is 4.79 Å². The van der Waals surface area contributed by atoms with Crippen LogP contribution < -0.4 is 10.6 Å². The number of aliphatic carboxylic acids is 1. The van der Waals surface area contributed by atoms with Crippen LogP contribution in [-0.2, 0) is 4.79 Å². The van der Waals surface area contributed by atoms with Crippen molar-refractivity contribution in [1.82, 2.24) is 10.6 Å². The van der Waals surface area contributed by atoms with Crippen molar-refractivity contribution < 1.29 is 14.7 Å². The first-order chi connectivity index (χ1) is 9.19. The number of carboxylic acid groups (broad SMARTS) is 1. The highest BCUT2D eigenvalue weighted by molar-refractivity contribution is 7.12. The molecule has 1 rings (SSSR count). The lowest BCUT2D eigenvalue weighted by Gasteiger charge is -2.26. The summed E-state index contributed by atoms with van der Waals surface area (Å²) in [6.07, 6.45) is 0.426. The van der Waals surface area contributed by atoms with E-state index in [0.717, 1.165) is 4.88 Å². The summed E-state index contributed by atoms with van der Waals surface area (Å²) < 4.78 is 0. The lowest BCUT2D eigenvalue weighted by Crippen LogP contribution is -2.49. The predicted molar refractivity (Wildman–Crippen MR) is 80.1 cm³/mol. The molecule has 0 aliphatic heterocycles. The van der Waals surface area contributed by atoms with Gasteiger partial charge in [-0.05, 0) is 46.2 Å². The summed E-state index contributed by atoms with van der Waals surface area (Å²) in [5.41, 5.74) is -0.548. The summed E-state index contributed by atoms with van der Waals surface area (Å²) in [5.74, 6) is -0.859. The Morgan fingerprint density at radius 3 is 2.55 bits per heavy atom. The van der Waals surface area contributed by atoms with Gasteiger partial charge in [0.05, 0.1) is 6.04 Å². The van der Waals surface area contributed by atoms with Crippen molar-refractivity contribution in [2.75, 3.05) is 0 Å². The molecule has 112 valence electrons. The molecule has 0 radical (unpaired) electrons. The molecule has 1 aromatic heterocycles. The molecule has 0 spiro atoms. The van der Waals surface area contributed by atoms with E-state index in [1.165, 1.54) is 4.88 Å². The standard InChI is InChI=1S/C14H22N2O3S/c1-9-5-6-11(20-9)10(2)15-13(19)16-14(3,4)8-7-12(17)18/h5-6,10H,7-8H2,1-4H3,(H,17,18)(H2,15,16,19). The molecule has 1 heterocycles. The minimum Gasteiger partial charge on any atom is -0.481 e. The number of aryl methyl sites for hydroxylation is 1. The maximum Gasteiger partial charge on any atom is 0.315 e. The van der Waals surface area contributed by atoms with E-state index in [1.54, 1.807) is 11.3 Å². The van der Waals surface area contributed by atoms with Crippen LogP contribution in [0, 0.1) is 6.92 Å². The Kier molecular flexibility index (Phi) is 5.56. The van der Waals surface area contributed by atoms with Gasteiger partial charge in [-0.2, -0.15) is 0 Å². The zero-order chi connectivity index (χ0) is 15.3. The van der Waals surface area contributed by atoms with Crippen LogP contribution in [0.3, 0.4) is 0 Å². The predicted octanol–water partition coefficient (Wildman–Crippen LogP) is 3.06. The van der Waals surface area contributed by atoms with Crippen LogP contribution in [0.2, 0.25) is 0 Å². The summed E-state index contributed by atoms with van der Waals surface area (Å²) in [6, 6.07) is 3.68. The quantitative estimate of drug-likeness (QED) is 0.755. The van der Waals surface area contributed by atoms with Crippen LogP contribution in [-0.4, -0.2) is 22.6 Å². The molecule has 0 aliphatic carbocycles.